The smallest absolute Gasteiger partial charge is 0.255 e. The molecule has 0 unspecified atom stereocenters. The molecule has 1 saturated heterocycles. The molecule has 0 aromatic carbocycles. The van der Waals surface area contributed by atoms with E-state index < -0.39 is 0 Å². The lowest BCUT2D eigenvalue weighted by Gasteiger charge is -2.36. The number of thiophene rings is 1. The SMILES string of the molecule is O=C(c1ccsc1)N1CCCC[C@@H]1c1nc2c(c(=O)[nH]1)CN(CC1CCCCC1)CC2. The summed E-state index contributed by atoms with van der Waals surface area (Å²) < 4.78 is 0. The van der Waals surface area contributed by atoms with Crippen LogP contribution >= 0.6 is 11.3 Å². The number of hydrogen-bond acceptors (Lipinski definition) is 5. The first-order valence-electron chi connectivity index (χ1n) is 11.9. The van der Waals surface area contributed by atoms with Crippen molar-refractivity contribution in [3.8, 4) is 0 Å². The minimum Gasteiger partial charge on any atom is -0.328 e. The molecule has 1 saturated carbocycles. The summed E-state index contributed by atoms with van der Waals surface area (Å²) in [5.74, 6) is 1.50. The van der Waals surface area contributed by atoms with Crippen LogP contribution in [0.3, 0.4) is 0 Å². The van der Waals surface area contributed by atoms with Crippen molar-refractivity contribution in [2.75, 3.05) is 19.6 Å². The van der Waals surface area contributed by atoms with Crippen LogP contribution in [0.25, 0.3) is 0 Å². The minimum atomic E-state index is -0.139. The number of hydrogen-bond donors (Lipinski definition) is 1. The largest absolute Gasteiger partial charge is 0.328 e. The molecule has 1 aliphatic carbocycles. The van der Waals surface area contributed by atoms with E-state index in [1.807, 2.05) is 21.7 Å². The zero-order chi connectivity index (χ0) is 21.2. The highest BCUT2D eigenvalue weighted by atomic mass is 32.1. The van der Waals surface area contributed by atoms with Gasteiger partial charge in [-0.05, 0) is 49.5 Å². The summed E-state index contributed by atoms with van der Waals surface area (Å²) in [6, 6.07) is 1.74. The van der Waals surface area contributed by atoms with Crippen molar-refractivity contribution in [1.29, 1.82) is 0 Å². The maximum atomic E-state index is 13.1. The van der Waals surface area contributed by atoms with Crippen LogP contribution in [0, 0.1) is 5.92 Å². The summed E-state index contributed by atoms with van der Waals surface area (Å²) in [4.78, 5) is 38.5. The van der Waals surface area contributed by atoms with Crippen molar-refractivity contribution in [3.63, 3.8) is 0 Å². The van der Waals surface area contributed by atoms with Gasteiger partial charge in [0.15, 0.2) is 0 Å². The first-order chi connectivity index (χ1) is 15.2. The molecule has 2 aromatic heterocycles. The van der Waals surface area contributed by atoms with Crippen LogP contribution in [0.2, 0.25) is 0 Å². The first-order valence-corrected chi connectivity index (χ1v) is 12.8. The zero-order valence-electron chi connectivity index (χ0n) is 18.1. The van der Waals surface area contributed by atoms with E-state index in [2.05, 4.69) is 9.88 Å². The highest BCUT2D eigenvalue weighted by molar-refractivity contribution is 7.08. The van der Waals surface area contributed by atoms with Gasteiger partial charge in [-0.1, -0.05) is 19.3 Å². The Morgan fingerprint density at radius 1 is 1.13 bits per heavy atom. The number of nitrogens with zero attached hydrogens (tertiary/aromatic N) is 3. The number of likely N-dealkylation sites (tertiary alicyclic amines) is 1. The summed E-state index contributed by atoms with van der Waals surface area (Å²) in [6.45, 7) is 3.50. The lowest BCUT2D eigenvalue weighted by molar-refractivity contribution is 0.0599. The van der Waals surface area contributed by atoms with Gasteiger partial charge in [-0.2, -0.15) is 11.3 Å². The molecule has 4 heterocycles. The number of rotatable bonds is 4. The standard InChI is InChI=1S/C24H32N4O2S/c29-23-19-15-27(14-17-6-2-1-3-7-17)12-9-20(19)25-22(26-23)21-8-4-5-11-28(21)24(30)18-10-13-31-16-18/h10,13,16-17,21H,1-9,11-12,14-15H2,(H,25,26,29)/t21-/m1/s1. The summed E-state index contributed by atoms with van der Waals surface area (Å²) in [5, 5.41) is 3.84. The lowest BCUT2D eigenvalue weighted by atomic mass is 9.88. The van der Waals surface area contributed by atoms with E-state index >= 15 is 0 Å². The molecule has 3 aliphatic rings. The van der Waals surface area contributed by atoms with Gasteiger partial charge in [0.2, 0.25) is 0 Å². The molecular formula is C24H32N4O2S. The number of piperidine rings is 1. The highest BCUT2D eigenvalue weighted by Crippen LogP contribution is 2.31. The zero-order valence-corrected chi connectivity index (χ0v) is 19.0. The van der Waals surface area contributed by atoms with Crippen molar-refractivity contribution in [3.05, 3.63) is 49.8 Å². The fourth-order valence-electron chi connectivity index (χ4n) is 5.56. The highest BCUT2D eigenvalue weighted by Gasteiger charge is 2.32. The summed E-state index contributed by atoms with van der Waals surface area (Å²) in [6.07, 6.45) is 10.4. The number of H-pyrrole nitrogens is 1. The van der Waals surface area contributed by atoms with Gasteiger partial charge in [-0.3, -0.25) is 14.5 Å². The van der Waals surface area contributed by atoms with E-state index in [0.717, 1.165) is 68.1 Å². The van der Waals surface area contributed by atoms with Gasteiger partial charge in [0.05, 0.1) is 22.9 Å². The van der Waals surface area contributed by atoms with Gasteiger partial charge < -0.3 is 9.88 Å². The second-order valence-corrected chi connectivity index (χ2v) is 10.2. The Balaban J connectivity index is 1.34. The molecule has 1 amide bonds. The van der Waals surface area contributed by atoms with Gasteiger partial charge >= 0.3 is 0 Å². The quantitative estimate of drug-likeness (QED) is 0.776. The third-order valence-electron chi connectivity index (χ3n) is 7.25. The monoisotopic (exact) mass is 440 g/mol. The van der Waals surface area contributed by atoms with E-state index in [1.165, 1.54) is 43.4 Å². The van der Waals surface area contributed by atoms with Gasteiger partial charge in [0, 0.05) is 38.0 Å². The molecular weight excluding hydrogens is 408 g/mol. The summed E-state index contributed by atoms with van der Waals surface area (Å²) in [5.41, 5.74) is 2.49. The molecule has 2 aromatic rings. The van der Waals surface area contributed by atoms with Crippen molar-refractivity contribution in [1.82, 2.24) is 19.8 Å². The van der Waals surface area contributed by atoms with Gasteiger partial charge in [-0.25, -0.2) is 4.98 Å². The Bertz CT molecular complexity index is 964. The van der Waals surface area contributed by atoms with Crippen LogP contribution in [-0.4, -0.2) is 45.3 Å². The molecule has 0 bridgehead atoms. The molecule has 2 fully saturated rings. The van der Waals surface area contributed by atoms with Crippen molar-refractivity contribution in [2.24, 2.45) is 5.92 Å². The number of nitrogens with one attached hydrogen (secondary N) is 1. The van der Waals surface area contributed by atoms with E-state index in [-0.39, 0.29) is 17.5 Å². The molecule has 6 nitrogen and oxygen atoms in total. The predicted molar refractivity (Wildman–Crippen MR) is 122 cm³/mol. The molecule has 7 heteroatoms. The van der Waals surface area contributed by atoms with Crippen LogP contribution in [0.5, 0.6) is 0 Å². The van der Waals surface area contributed by atoms with Crippen LogP contribution in [-0.2, 0) is 13.0 Å². The normalized spacial score (nSPS) is 23.0. The molecule has 166 valence electrons. The molecule has 5 rings (SSSR count). The van der Waals surface area contributed by atoms with Gasteiger partial charge in [0.1, 0.15) is 5.82 Å². The first kappa shape index (κ1) is 20.9. The van der Waals surface area contributed by atoms with E-state index in [4.69, 9.17) is 4.98 Å². The molecule has 2 aliphatic heterocycles. The number of aromatic nitrogens is 2. The Labute approximate surface area is 187 Å². The lowest BCUT2D eigenvalue weighted by Crippen LogP contribution is -2.42. The molecule has 31 heavy (non-hydrogen) atoms. The average Bonchev–Trinajstić information content (AvgIpc) is 3.35. The number of amides is 1. The number of carbonyl (C=O) groups is 1. The Hall–Kier alpha value is -1.99. The number of fused-ring (bicyclic) bond motifs is 1. The number of aromatic amines is 1. The average molecular weight is 441 g/mol. The maximum absolute atomic E-state index is 13.1. The molecule has 1 atom stereocenters. The Morgan fingerprint density at radius 3 is 2.77 bits per heavy atom. The third-order valence-corrected chi connectivity index (χ3v) is 7.94. The Morgan fingerprint density at radius 2 is 1.97 bits per heavy atom. The number of carbonyl (C=O) groups excluding carboxylic acids is 1. The second-order valence-electron chi connectivity index (χ2n) is 9.39. The second kappa shape index (κ2) is 9.25. The van der Waals surface area contributed by atoms with E-state index in [1.54, 1.807) is 0 Å². The van der Waals surface area contributed by atoms with Crippen molar-refractivity contribution in [2.45, 2.75) is 70.4 Å². The summed E-state index contributed by atoms with van der Waals surface area (Å²) in [7, 11) is 0. The molecule has 0 spiro atoms. The van der Waals surface area contributed by atoms with Crippen LogP contribution in [0.1, 0.15) is 84.8 Å². The van der Waals surface area contributed by atoms with Gasteiger partial charge in [0.25, 0.3) is 11.5 Å². The fourth-order valence-corrected chi connectivity index (χ4v) is 6.19. The fraction of sp³-hybridized carbons (Fsp3) is 0.625. The van der Waals surface area contributed by atoms with Crippen LogP contribution in [0.15, 0.2) is 21.6 Å². The summed E-state index contributed by atoms with van der Waals surface area (Å²) >= 11 is 1.54. The third kappa shape index (κ3) is 4.48. The van der Waals surface area contributed by atoms with E-state index in [9.17, 15) is 9.59 Å². The van der Waals surface area contributed by atoms with Crippen molar-refractivity contribution < 1.29 is 4.79 Å². The molecule has 0 radical (unpaired) electrons. The van der Waals surface area contributed by atoms with Crippen LogP contribution in [0.4, 0.5) is 0 Å². The van der Waals surface area contributed by atoms with Crippen LogP contribution < -0.4 is 5.56 Å². The van der Waals surface area contributed by atoms with E-state index in [0.29, 0.717) is 12.4 Å². The Kier molecular flexibility index (Phi) is 6.23. The minimum absolute atomic E-state index is 0.0122. The molecule has 1 N–H and O–H groups in total. The maximum Gasteiger partial charge on any atom is 0.255 e. The topological polar surface area (TPSA) is 69.3 Å². The predicted octanol–water partition coefficient (Wildman–Crippen LogP) is 4.14. The van der Waals surface area contributed by atoms with Crippen molar-refractivity contribution >= 4 is 17.2 Å². The van der Waals surface area contributed by atoms with Gasteiger partial charge in [-0.15, -0.1) is 0 Å².